The number of aromatic nitrogens is 6. The fourth-order valence-corrected chi connectivity index (χ4v) is 5.76. The molecule has 2 aliphatic rings. The molecule has 0 spiro atoms. The third-order valence-electron chi connectivity index (χ3n) is 7.98. The third-order valence-corrected chi connectivity index (χ3v) is 7.98. The normalized spacial score (nSPS) is 16.4. The van der Waals surface area contributed by atoms with Crippen LogP contribution in [0.3, 0.4) is 0 Å². The topological polar surface area (TPSA) is 103 Å². The van der Waals surface area contributed by atoms with E-state index >= 15 is 0 Å². The molecule has 2 aromatic carbocycles. The van der Waals surface area contributed by atoms with E-state index in [-0.39, 0.29) is 24.6 Å². The lowest BCUT2D eigenvalue weighted by molar-refractivity contribution is 0.0824. The van der Waals surface area contributed by atoms with E-state index in [1.54, 1.807) is 35.4 Å². The molecule has 2 aliphatic heterocycles. The summed E-state index contributed by atoms with van der Waals surface area (Å²) >= 11 is 0. The van der Waals surface area contributed by atoms with Crippen LogP contribution in [0.1, 0.15) is 36.7 Å². The minimum Gasteiger partial charge on any atom is -0.445 e. The van der Waals surface area contributed by atoms with Gasteiger partial charge in [-0.1, -0.05) is 42.5 Å². The molecular formula is C30H30F2N8O3. The van der Waals surface area contributed by atoms with Crippen molar-refractivity contribution in [3.63, 3.8) is 0 Å². The van der Waals surface area contributed by atoms with Crippen molar-refractivity contribution in [1.29, 1.82) is 0 Å². The van der Waals surface area contributed by atoms with Crippen molar-refractivity contribution in [1.82, 2.24) is 34.2 Å². The van der Waals surface area contributed by atoms with Gasteiger partial charge in [0.05, 0.1) is 41.9 Å². The van der Waals surface area contributed by atoms with Gasteiger partial charge in [-0.05, 0) is 30.5 Å². The second-order valence-corrected chi connectivity index (χ2v) is 10.6. The first-order chi connectivity index (χ1) is 21.1. The molecule has 3 aromatic heterocycles. The van der Waals surface area contributed by atoms with E-state index in [4.69, 9.17) is 24.5 Å². The number of alkyl halides is 2. The predicted molar refractivity (Wildman–Crippen MR) is 154 cm³/mol. The number of carbonyl (C=O) groups excluding carboxylic acids is 1. The molecule has 0 aliphatic carbocycles. The second-order valence-electron chi connectivity index (χ2n) is 10.6. The average molecular weight is 589 g/mol. The number of hydrogen-bond donors (Lipinski definition) is 0. The first-order valence-corrected chi connectivity index (χ1v) is 14.4. The Labute approximate surface area is 245 Å². The molecule has 43 heavy (non-hydrogen) atoms. The van der Waals surface area contributed by atoms with Gasteiger partial charge in [0.2, 0.25) is 5.95 Å². The van der Waals surface area contributed by atoms with Crippen LogP contribution in [-0.2, 0) is 16.1 Å². The van der Waals surface area contributed by atoms with Crippen LogP contribution < -0.4 is 4.90 Å². The van der Waals surface area contributed by atoms with Gasteiger partial charge in [0.25, 0.3) is 6.43 Å². The zero-order chi connectivity index (χ0) is 29.3. The SMILES string of the molecule is O=C(OCc1ccccc1)N1CCC(n2ncc3c(-n4c(C(F)F)nc5ccccc54)nc(N4CCOCC4)nc32)CC1. The van der Waals surface area contributed by atoms with Gasteiger partial charge in [0, 0.05) is 26.2 Å². The van der Waals surface area contributed by atoms with Crippen LogP contribution >= 0.6 is 0 Å². The minimum absolute atomic E-state index is 0.0509. The van der Waals surface area contributed by atoms with Gasteiger partial charge in [-0.25, -0.2) is 23.2 Å². The highest BCUT2D eigenvalue weighted by atomic mass is 19.3. The van der Waals surface area contributed by atoms with E-state index < -0.39 is 6.43 Å². The Morgan fingerprint density at radius 3 is 2.47 bits per heavy atom. The second kappa shape index (κ2) is 11.6. The van der Waals surface area contributed by atoms with Crippen LogP contribution in [0, 0.1) is 0 Å². The molecule has 0 unspecified atom stereocenters. The van der Waals surface area contributed by atoms with Crippen molar-refractivity contribution in [3.05, 3.63) is 72.2 Å². The summed E-state index contributed by atoms with van der Waals surface area (Å²) in [6.07, 6.45) is -0.249. The number of rotatable bonds is 6. The van der Waals surface area contributed by atoms with Crippen LogP contribution in [0.15, 0.2) is 60.8 Å². The van der Waals surface area contributed by atoms with E-state index in [9.17, 15) is 13.6 Å². The molecule has 7 rings (SSSR count). The van der Waals surface area contributed by atoms with Crippen molar-refractivity contribution >= 4 is 34.1 Å². The molecule has 2 saturated heterocycles. The van der Waals surface area contributed by atoms with Gasteiger partial charge in [0.1, 0.15) is 6.61 Å². The van der Waals surface area contributed by atoms with Gasteiger partial charge >= 0.3 is 6.09 Å². The maximum atomic E-state index is 14.3. The minimum atomic E-state index is -2.81. The van der Waals surface area contributed by atoms with Crippen LogP contribution in [0.25, 0.3) is 27.9 Å². The first kappa shape index (κ1) is 27.2. The number of morpholine rings is 1. The summed E-state index contributed by atoms with van der Waals surface area (Å²) in [5.74, 6) is 0.348. The number of nitrogens with zero attached hydrogens (tertiary/aromatic N) is 8. The number of ether oxygens (including phenoxy) is 2. The lowest BCUT2D eigenvalue weighted by atomic mass is 10.1. The number of anilines is 1. The molecule has 2 fully saturated rings. The molecule has 11 nitrogen and oxygen atoms in total. The summed E-state index contributed by atoms with van der Waals surface area (Å²) in [6, 6.07) is 16.5. The van der Waals surface area contributed by atoms with Crippen molar-refractivity contribution in [2.24, 2.45) is 0 Å². The number of benzene rings is 2. The molecule has 13 heteroatoms. The summed E-state index contributed by atoms with van der Waals surface area (Å²) in [5, 5.41) is 5.24. The fourth-order valence-electron chi connectivity index (χ4n) is 5.76. The standard InChI is InChI=1S/C30H30F2N8O3/c31-25(32)28-34-23-8-4-5-9-24(23)39(28)26-22-18-33-40(27(22)36-29(35-26)37-14-16-42-17-15-37)21-10-12-38(13-11-21)30(41)43-19-20-6-2-1-3-7-20/h1-9,18,21,25H,10-17,19H2. The van der Waals surface area contributed by atoms with Crippen LogP contribution in [0.2, 0.25) is 0 Å². The van der Waals surface area contributed by atoms with E-state index in [1.807, 2.05) is 39.9 Å². The Bertz CT molecular complexity index is 1740. The van der Waals surface area contributed by atoms with Crippen LogP contribution in [0.4, 0.5) is 19.5 Å². The van der Waals surface area contributed by atoms with E-state index in [2.05, 4.69) is 4.98 Å². The highest BCUT2D eigenvalue weighted by Crippen LogP contribution is 2.33. The summed E-state index contributed by atoms with van der Waals surface area (Å²) < 4.78 is 43.0. The van der Waals surface area contributed by atoms with Crippen molar-refractivity contribution in [2.45, 2.75) is 31.9 Å². The number of para-hydroxylation sites is 2. The Morgan fingerprint density at radius 2 is 1.70 bits per heavy atom. The molecule has 0 bridgehead atoms. The lowest BCUT2D eigenvalue weighted by Gasteiger charge is -2.31. The van der Waals surface area contributed by atoms with E-state index in [0.717, 1.165) is 5.56 Å². The largest absolute Gasteiger partial charge is 0.445 e. The molecule has 5 heterocycles. The summed E-state index contributed by atoms with van der Waals surface area (Å²) in [6.45, 7) is 3.41. The molecule has 5 aromatic rings. The smallest absolute Gasteiger partial charge is 0.410 e. The van der Waals surface area contributed by atoms with E-state index in [0.29, 0.717) is 86.1 Å². The average Bonchev–Trinajstić information content (AvgIpc) is 3.67. The zero-order valence-corrected chi connectivity index (χ0v) is 23.4. The maximum Gasteiger partial charge on any atom is 0.410 e. The Morgan fingerprint density at radius 1 is 0.953 bits per heavy atom. The molecular weight excluding hydrogens is 558 g/mol. The molecule has 0 radical (unpaired) electrons. The molecule has 0 N–H and O–H groups in total. The summed E-state index contributed by atoms with van der Waals surface area (Å²) in [5.41, 5.74) is 2.47. The summed E-state index contributed by atoms with van der Waals surface area (Å²) in [7, 11) is 0. The number of fused-ring (bicyclic) bond motifs is 2. The van der Waals surface area contributed by atoms with Gasteiger partial charge in [-0.15, -0.1) is 0 Å². The molecule has 222 valence electrons. The van der Waals surface area contributed by atoms with Crippen molar-refractivity contribution < 1.29 is 23.0 Å². The maximum absolute atomic E-state index is 14.3. The highest BCUT2D eigenvalue weighted by Gasteiger charge is 2.30. The molecule has 1 amide bonds. The summed E-state index contributed by atoms with van der Waals surface area (Å²) in [4.78, 5) is 30.4. The van der Waals surface area contributed by atoms with Crippen LogP contribution in [-0.4, -0.2) is 79.7 Å². The predicted octanol–water partition coefficient (Wildman–Crippen LogP) is 4.91. The monoisotopic (exact) mass is 588 g/mol. The number of piperidine rings is 1. The van der Waals surface area contributed by atoms with Crippen molar-refractivity contribution in [3.8, 4) is 5.82 Å². The number of imidazole rings is 1. The first-order valence-electron chi connectivity index (χ1n) is 14.4. The molecule has 0 saturated carbocycles. The van der Waals surface area contributed by atoms with E-state index in [1.165, 1.54) is 4.57 Å². The number of likely N-dealkylation sites (tertiary alicyclic amines) is 1. The fraction of sp³-hybridized carbons (Fsp3) is 0.367. The Balaban J connectivity index is 1.21. The number of carbonyl (C=O) groups is 1. The van der Waals surface area contributed by atoms with Gasteiger partial charge in [-0.3, -0.25) is 4.57 Å². The Hall–Kier alpha value is -4.65. The van der Waals surface area contributed by atoms with Crippen molar-refractivity contribution in [2.75, 3.05) is 44.3 Å². The van der Waals surface area contributed by atoms with Gasteiger partial charge in [-0.2, -0.15) is 15.1 Å². The number of amides is 1. The molecule has 0 atom stereocenters. The zero-order valence-electron chi connectivity index (χ0n) is 23.4. The quantitative estimate of drug-likeness (QED) is 0.276. The lowest BCUT2D eigenvalue weighted by Crippen LogP contribution is -2.39. The number of hydrogen-bond acceptors (Lipinski definition) is 8. The van der Waals surface area contributed by atoms with Gasteiger partial charge in [0.15, 0.2) is 17.3 Å². The van der Waals surface area contributed by atoms with Crippen LogP contribution in [0.5, 0.6) is 0 Å². The highest BCUT2D eigenvalue weighted by molar-refractivity contribution is 5.88. The Kier molecular flexibility index (Phi) is 7.31. The third kappa shape index (κ3) is 5.24. The number of halogens is 2. The van der Waals surface area contributed by atoms with Gasteiger partial charge < -0.3 is 19.3 Å².